The van der Waals surface area contributed by atoms with Crippen molar-refractivity contribution in [2.24, 2.45) is 0 Å². The highest BCUT2D eigenvalue weighted by atomic mass is 16.2. The molecule has 0 aliphatic heterocycles. The minimum atomic E-state index is -1.07. The lowest BCUT2D eigenvalue weighted by Crippen LogP contribution is -2.43. The molecule has 0 aliphatic rings. The Morgan fingerprint density at radius 3 is 1.05 bits per heavy atom. The second kappa shape index (κ2) is 13.7. The van der Waals surface area contributed by atoms with Crippen LogP contribution in [0.25, 0.3) is 43.1 Å². The fraction of sp³-hybridized carbons (Fsp3) is 0.120. The van der Waals surface area contributed by atoms with E-state index in [4.69, 9.17) is 0 Å². The van der Waals surface area contributed by atoms with E-state index in [9.17, 15) is 38.4 Å². The van der Waals surface area contributed by atoms with E-state index in [0.717, 1.165) is 20.3 Å². The van der Waals surface area contributed by atoms with E-state index < -0.39 is 56.6 Å². The predicted octanol–water partition coefficient (Wildman–Crippen LogP) is 4.96. The Balaban J connectivity index is 1.19. The van der Waals surface area contributed by atoms with Gasteiger partial charge in [-0.25, -0.2) is 0 Å². The highest BCUT2D eigenvalue weighted by Crippen LogP contribution is 2.31. The van der Waals surface area contributed by atoms with Gasteiger partial charge in [0, 0.05) is 0 Å². The van der Waals surface area contributed by atoms with Gasteiger partial charge in [-0.1, -0.05) is 120 Å². The number of benzene rings is 6. The van der Waals surface area contributed by atoms with Crippen LogP contribution in [0.5, 0.6) is 0 Å². The summed E-state index contributed by atoms with van der Waals surface area (Å²) < 4.78 is 3.08. The summed E-state index contributed by atoms with van der Waals surface area (Å²) in [6, 6.07) is 33.6. The molecule has 12 nitrogen and oxygen atoms in total. The van der Waals surface area contributed by atoms with Crippen LogP contribution < -0.4 is 44.5 Å². The molecule has 0 aliphatic carbocycles. The van der Waals surface area contributed by atoms with E-state index in [1.165, 1.54) is 26.0 Å². The number of aromatic nitrogens is 4. The summed E-state index contributed by atoms with van der Waals surface area (Å²) in [5.41, 5.74) is -2.33. The first-order chi connectivity index (χ1) is 29.8. The maximum absolute atomic E-state index is 14.5. The van der Waals surface area contributed by atoms with Crippen molar-refractivity contribution in [3.05, 3.63) is 249 Å². The van der Waals surface area contributed by atoms with Gasteiger partial charge in [0.2, 0.25) is 0 Å². The summed E-state index contributed by atoms with van der Waals surface area (Å²) in [7, 11) is 0. The van der Waals surface area contributed by atoms with E-state index >= 15 is 0 Å². The van der Waals surface area contributed by atoms with Crippen molar-refractivity contribution >= 4 is 43.1 Å². The maximum atomic E-state index is 14.5. The maximum Gasteiger partial charge on any atom is 0.281 e. The summed E-state index contributed by atoms with van der Waals surface area (Å²) in [5.74, 6) is 0. The van der Waals surface area contributed by atoms with Gasteiger partial charge >= 0.3 is 0 Å². The van der Waals surface area contributed by atoms with Crippen molar-refractivity contribution in [2.75, 3.05) is 0 Å². The molecule has 0 unspecified atom stereocenters. The molecular formula is C50H34N4O8. The average molecular weight is 819 g/mol. The lowest BCUT2D eigenvalue weighted by molar-refractivity contribution is 0.594. The molecule has 0 saturated carbocycles. The van der Waals surface area contributed by atoms with E-state index in [0.29, 0.717) is 31.6 Å². The van der Waals surface area contributed by atoms with Gasteiger partial charge in [-0.2, -0.15) is 9.35 Å². The van der Waals surface area contributed by atoms with Crippen molar-refractivity contribution < 1.29 is 0 Å². The van der Waals surface area contributed by atoms with Crippen LogP contribution >= 0.6 is 0 Å². The zero-order chi connectivity index (χ0) is 43.5. The lowest BCUT2D eigenvalue weighted by atomic mass is 9.96. The Hall–Kier alpha value is -8.12. The monoisotopic (exact) mass is 818 g/mol. The molecule has 0 atom stereocenters. The Labute approximate surface area is 349 Å². The molecule has 0 saturated heterocycles. The molecule has 0 fully saturated rings. The summed E-state index contributed by atoms with van der Waals surface area (Å²) in [4.78, 5) is 115. The molecule has 6 aromatic carbocycles. The van der Waals surface area contributed by atoms with Crippen LogP contribution in [0.15, 0.2) is 160 Å². The molecule has 0 amide bonds. The molecule has 4 heterocycles. The van der Waals surface area contributed by atoms with Crippen molar-refractivity contribution in [2.45, 2.75) is 39.8 Å². The van der Waals surface area contributed by atoms with Gasteiger partial charge in [-0.05, 0) is 73.2 Å². The largest absolute Gasteiger partial charge is 0.281 e. The summed E-state index contributed by atoms with van der Waals surface area (Å²) in [6.07, 6.45) is 0. The van der Waals surface area contributed by atoms with Crippen LogP contribution in [-0.4, -0.2) is 18.5 Å². The fourth-order valence-electron chi connectivity index (χ4n) is 9.45. The van der Waals surface area contributed by atoms with Gasteiger partial charge in [-0.15, -0.1) is 0 Å². The number of rotatable bonds is 7. The van der Waals surface area contributed by atoms with E-state index in [1.54, 1.807) is 48.5 Å². The highest BCUT2D eigenvalue weighted by Gasteiger charge is 2.32. The van der Waals surface area contributed by atoms with Crippen molar-refractivity contribution in [1.82, 2.24) is 18.5 Å². The number of fused-ring (bicyclic) bond motifs is 4. The average Bonchev–Trinajstić information content (AvgIpc) is 3.87. The SMILES string of the molecule is Cc1cccc(C(c2cccc(C)c2)n2c(=O)c3cc4c(=O)n(-n5c(=O)c6c(C)c7c(=O)n(C(c8ccccc8)c8ccccc8)c(=O)c7c(C)c6c5=O)c(=O)c4cc3c2=O)c1. The number of aryl methyl sites for hydroxylation is 4. The third-order valence-electron chi connectivity index (χ3n) is 12.2. The van der Waals surface area contributed by atoms with E-state index in [1.807, 2.05) is 74.5 Å². The van der Waals surface area contributed by atoms with Crippen LogP contribution in [0, 0.1) is 27.7 Å². The molecule has 0 N–H and O–H groups in total. The van der Waals surface area contributed by atoms with Gasteiger partial charge in [0.15, 0.2) is 0 Å². The first-order valence-electron chi connectivity index (χ1n) is 19.9. The Bertz CT molecular complexity index is 3740. The Morgan fingerprint density at radius 2 is 0.645 bits per heavy atom. The van der Waals surface area contributed by atoms with E-state index in [2.05, 4.69) is 0 Å². The van der Waals surface area contributed by atoms with Crippen LogP contribution in [-0.2, 0) is 0 Å². The smallest absolute Gasteiger partial charge is 0.269 e. The molecule has 62 heavy (non-hydrogen) atoms. The standard InChI is InChI=1S/C50H34N4O8/c1-25-13-11-19-31(21-25)42(32-20-12-14-26(2)22-32)51-43(55)33-23-35-36(24-34(33)44(51)56)46(58)53(45(35)57)54-49(61)39-27(3)37-38(28(4)40(39)50(54)62)48(60)52(47(37)59)41(29-15-7-5-8-16-29)30-17-9-6-10-18-30/h5-24,41-42H,1-4H3. The Morgan fingerprint density at radius 1 is 0.323 bits per heavy atom. The van der Waals surface area contributed by atoms with Gasteiger partial charge in [0.25, 0.3) is 44.5 Å². The second-order valence-corrected chi connectivity index (χ2v) is 16.0. The predicted molar refractivity (Wildman–Crippen MR) is 240 cm³/mol. The zero-order valence-corrected chi connectivity index (χ0v) is 33.8. The molecule has 10 rings (SSSR count). The van der Waals surface area contributed by atoms with Crippen LogP contribution in [0.1, 0.15) is 56.6 Å². The molecule has 10 aromatic rings. The summed E-state index contributed by atoms with van der Waals surface area (Å²) in [6.45, 7) is 6.71. The van der Waals surface area contributed by atoms with Gasteiger partial charge in [0.05, 0.1) is 55.2 Å². The summed E-state index contributed by atoms with van der Waals surface area (Å²) in [5, 5.41) is -1.33. The highest BCUT2D eigenvalue weighted by molar-refractivity contribution is 6.05. The minimum Gasteiger partial charge on any atom is -0.269 e. The van der Waals surface area contributed by atoms with Crippen LogP contribution in [0.3, 0.4) is 0 Å². The minimum absolute atomic E-state index is 0.0471. The fourth-order valence-corrected chi connectivity index (χ4v) is 9.45. The molecule has 0 radical (unpaired) electrons. The van der Waals surface area contributed by atoms with Crippen molar-refractivity contribution in [3.8, 4) is 0 Å². The molecule has 4 aromatic heterocycles. The van der Waals surface area contributed by atoms with Gasteiger partial charge in [0.1, 0.15) is 0 Å². The first kappa shape index (κ1) is 38.1. The molecule has 0 spiro atoms. The van der Waals surface area contributed by atoms with Crippen LogP contribution in [0.2, 0.25) is 0 Å². The third-order valence-corrected chi connectivity index (χ3v) is 12.2. The normalized spacial score (nSPS) is 12.0. The van der Waals surface area contributed by atoms with Crippen molar-refractivity contribution in [1.29, 1.82) is 0 Å². The molecule has 302 valence electrons. The third kappa shape index (κ3) is 5.25. The summed E-state index contributed by atoms with van der Waals surface area (Å²) >= 11 is 0. The molecule has 12 heteroatoms. The molecule has 0 bridgehead atoms. The lowest BCUT2D eigenvalue weighted by Gasteiger charge is -2.19. The van der Waals surface area contributed by atoms with Crippen molar-refractivity contribution in [3.63, 3.8) is 0 Å². The number of nitrogens with zero attached hydrogens (tertiary/aromatic N) is 4. The number of hydrogen-bond acceptors (Lipinski definition) is 8. The number of hydrogen-bond donors (Lipinski definition) is 0. The molecular weight excluding hydrogens is 785 g/mol. The van der Waals surface area contributed by atoms with Gasteiger partial charge < -0.3 is 0 Å². The zero-order valence-electron chi connectivity index (χ0n) is 33.8. The first-order valence-corrected chi connectivity index (χ1v) is 19.9. The quantitative estimate of drug-likeness (QED) is 0.219. The topological polar surface area (TPSA) is 156 Å². The van der Waals surface area contributed by atoms with Gasteiger partial charge in [-0.3, -0.25) is 47.5 Å². The van der Waals surface area contributed by atoms with E-state index in [-0.39, 0.29) is 54.2 Å². The van der Waals surface area contributed by atoms with Crippen LogP contribution in [0.4, 0.5) is 0 Å². The Kier molecular flexibility index (Phi) is 8.43. The second-order valence-electron chi connectivity index (χ2n) is 16.0.